The molecule has 0 bridgehead atoms. The van der Waals surface area contributed by atoms with Crippen LogP contribution in [0.1, 0.15) is 108 Å². The van der Waals surface area contributed by atoms with Crippen LogP contribution < -0.4 is 16.0 Å². The van der Waals surface area contributed by atoms with Crippen molar-refractivity contribution in [2.45, 2.75) is 130 Å². The minimum Gasteiger partial charge on any atom is -0.400 e. The Morgan fingerprint density at radius 1 is 0.700 bits per heavy atom. The number of rotatable bonds is 29. The number of hydrogen-bond acceptors (Lipinski definition) is 13. The molecule has 0 saturated carbocycles. The molecule has 0 aliphatic rings. The third kappa shape index (κ3) is 25.1. The van der Waals surface area contributed by atoms with E-state index in [1.807, 2.05) is 76.0 Å². The zero-order chi connectivity index (χ0) is 39.9. The lowest BCUT2D eigenvalue weighted by Gasteiger charge is -2.33. The number of carbonyl (C=O) groups excluding carboxylic acids is 5. The van der Waals surface area contributed by atoms with Crippen molar-refractivity contribution in [1.29, 1.82) is 0 Å². The van der Waals surface area contributed by atoms with Gasteiger partial charge in [0, 0.05) is 38.1 Å². The van der Waals surface area contributed by atoms with Gasteiger partial charge in [0.1, 0.15) is 26.0 Å². The van der Waals surface area contributed by atoms with Crippen molar-refractivity contribution in [1.82, 2.24) is 16.0 Å². The summed E-state index contributed by atoms with van der Waals surface area (Å²) in [7, 11) is 2.94. The predicted molar refractivity (Wildman–Crippen MR) is 200 cm³/mol. The first-order valence-corrected chi connectivity index (χ1v) is 17.7. The predicted octanol–water partition coefficient (Wildman–Crippen LogP) is 3.51. The van der Waals surface area contributed by atoms with Crippen LogP contribution >= 0.6 is 0 Å². The molecule has 3 unspecified atom stereocenters. The molecule has 0 spiro atoms. The van der Waals surface area contributed by atoms with Crippen molar-refractivity contribution >= 4 is 30.9 Å². The van der Waals surface area contributed by atoms with Crippen LogP contribution in [0.2, 0.25) is 0 Å². The molecule has 0 saturated heterocycles. The van der Waals surface area contributed by atoms with E-state index in [0.717, 1.165) is 26.4 Å². The molecule has 0 aliphatic carbocycles. The average Bonchev–Trinajstić information content (AvgIpc) is 3.10. The fourth-order valence-electron chi connectivity index (χ4n) is 5.04. The first-order chi connectivity index (χ1) is 23.5. The highest BCUT2D eigenvalue weighted by molar-refractivity contribution is 5.89. The Balaban J connectivity index is -0.00000166. The summed E-state index contributed by atoms with van der Waals surface area (Å²) < 4.78 is 22.9. The highest BCUT2D eigenvalue weighted by Gasteiger charge is 2.33. The Hall–Kier alpha value is -1.97. The van der Waals surface area contributed by atoms with Crippen molar-refractivity contribution < 1.29 is 48.0 Å². The Kier molecular flexibility index (Phi) is 34.8. The quantitative estimate of drug-likeness (QED) is 0.0826. The second-order valence-electron chi connectivity index (χ2n) is 13.5. The first-order valence-electron chi connectivity index (χ1n) is 17.7. The van der Waals surface area contributed by atoms with E-state index in [1.54, 1.807) is 6.92 Å². The van der Waals surface area contributed by atoms with Crippen LogP contribution in [0, 0.1) is 5.41 Å². The summed E-state index contributed by atoms with van der Waals surface area (Å²) in [6.07, 6.45) is 4.38. The van der Waals surface area contributed by atoms with Gasteiger partial charge in [-0.05, 0) is 73.8 Å². The van der Waals surface area contributed by atoms with Gasteiger partial charge < -0.3 is 49.6 Å². The SMILES string of the molecule is C=O.C=O.CCC(CCC(=O)C(C)(CC)NCCOCCOCC(=O)C(C)(CC)NCCOCCOC(C)(C)CC(C)(C)C(C)=O)NC.CO. The summed E-state index contributed by atoms with van der Waals surface area (Å²) in [6.45, 7) is 27.0. The lowest BCUT2D eigenvalue weighted by atomic mass is 9.79. The maximum Gasteiger partial charge on any atom is 0.178 e. The smallest absolute Gasteiger partial charge is 0.178 e. The summed E-state index contributed by atoms with van der Waals surface area (Å²) >= 11 is 0. The maximum atomic E-state index is 12.9. The van der Waals surface area contributed by atoms with Crippen molar-refractivity contribution in [2.24, 2.45) is 5.41 Å². The van der Waals surface area contributed by atoms with Gasteiger partial charge in [0.25, 0.3) is 0 Å². The van der Waals surface area contributed by atoms with Gasteiger partial charge in [0.2, 0.25) is 0 Å². The van der Waals surface area contributed by atoms with E-state index >= 15 is 0 Å². The van der Waals surface area contributed by atoms with Crippen LogP contribution in [0.4, 0.5) is 0 Å². The topological polar surface area (TPSA) is 179 Å². The lowest BCUT2D eigenvalue weighted by molar-refractivity contribution is -0.130. The third-order valence-electron chi connectivity index (χ3n) is 8.94. The summed E-state index contributed by atoms with van der Waals surface area (Å²) in [5.41, 5.74) is -2.11. The van der Waals surface area contributed by atoms with Gasteiger partial charge in [0.15, 0.2) is 11.6 Å². The molecule has 3 atom stereocenters. The minimum absolute atomic E-state index is 0.00706. The molecule has 0 heterocycles. The van der Waals surface area contributed by atoms with E-state index in [9.17, 15) is 14.4 Å². The van der Waals surface area contributed by atoms with E-state index in [2.05, 4.69) is 22.9 Å². The van der Waals surface area contributed by atoms with E-state index in [4.69, 9.17) is 33.6 Å². The third-order valence-corrected chi connectivity index (χ3v) is 8.94. The number of carbonyl (C=O) groups is 5. The van der Waals surface area contributed by atoms with Crippen LogP contribution in [0.5, 0.6) is 0 Å². The lowest BCUT2D eigenvalue weighted by Crippen LogP contribution is -2.51. The molecular weight excluding hydrogens is 646 g/mol. The molecule has 0 aromatic carbocycles. The summed E-state index contributed by atoms with van der Waals surface area (Å²) in [6, 6.07) is 0.364. The normalized spacial score (nSPS) is 14.3. The molecule has 0 radical (unpaired) electrons. The highest BCUT2D eigenvalue weighted by Crippen LogP contribution is 2.31. The van der Waals surface area contributed by atoms with Crippen molar-refractivity contribution in [3.05, 3.63) is 0 Å². The van der Waals surface area contributed by atoms with Gasteiger partial charge >= 0.3 is 0 Å². The largest absolute Gasteiger partial charge is 0.400 e. The maximum absolute atomic E-state index is 12.9. The van der Waals surface area contributed by atoms with Crippen molar-refractivity contribution in [3.63, 3.8) is 0 Å². The molecule has 4 N–H and O–H groups in total. The Morgan fingerprint density at radius 2 is 1.14 bits per heavy atom. The number of aliphatic hydroxyl groups excluding tert-OH is 1. The number of hydrogen-bond donors (Lipinski definition) is 4. The Morgan fingerprint density at radius 3 is 1.56 bits per heavy atom. The van der Waals surface area contributed by atoms with Gasteiger partial charge in [-0.2, -0.15) is 0 Å². The number of ether oxygens (including phenoxy) is 4. The van der Waals surface area contributed by atoms with Crippen molar-refractivity contribution in [3.8, 4) is 0 Å². The van der Waals surface area contributed by atoms with E-state index in [1.165, 1.54) is 0 Å². The Bertz CT molecular complexity index is 868. The number of nitrogens with one attached hydrogen (secondary N) is 3. The average molecular weight is 722 g/mol. The van der Waals surface area contributed by atoms with Crippen LogP contribution in [-0.2, 0) is 42.9 Å². The number of ketones is 3. The van der Waals surface area contributed by atoms with Crippen LogP contribution in [0.15, 0.2) is 0 Å². The standard InChI is InChI=1S/C34H67N3O7.CH4O.2CH2O/c1-12-28(35-11)15-16-29(39)33(9,13-2)36-17-19-41-21-22-43-25-30(40)34(10,14-3)37-18-20-42-23-24-44-32(7,8)26-31(5,6)27(4)38;3*1-2/h28,35-37H,12-26H2,1-11H3;2H,1H3;2*1H2. The first kappa shape index (κ1) is 54.8. The molecule has 0 aromatic heterocycles. The van der Waals surface area contributed by atoms with E-state index in [0.29, 0.717) is 78.0 Å². The van der Waals surface area contributed by atoms with Crippen LogP contribution in [0.3, 0.4) is 0 Å². The second-order valence-corrected chi connectivity index (χ2v) is 13.5. The van der Waals surface area contributed by atoms with Gasteiger partial charge in [-0.3, -0.25) is 14.4 Å². The van der Waals surface area contributed by atoms with E-state index < -0.39 is 22.1 Å². The second kappa shape index (κ2) is 31.7. The van der Waals surface area contributed by atoms with Crippen LogP contribution in [-0.4, -0.2) is 132 Å². The zero-order valence-corrected chi connectivity index (χ0v) is 33.7. The molecule has 13 nitrogen and oxygen atoms in total. The monoisotopic (exact) mass is 722 g/mol. The molecular formula is C37H75N3O10. The zero-order valence-electron chi connectivity index (χ0n) is 33.7. The molecule has 0 fully saturated rings. The van der Waals surface area contributed by atoms with Crippen LogP contribution in [0.25, 0.3) is 0 Å². The molecule has 0 aliphatic heterocycles. The Labute approximate surface area is 304 Å². The van der Waals surface area contributed by atoms with Gasteiger partial charge in [-0.25, -0.2) is 0 Å². The highest BCUT2D eigenvalue weighted by atomic mass is 16.5. The number of Topliss-reactive ketones (excluding diaryl/α,β-unsaturated/α-hetero) is 3. The molecule has 0 amide bonds. The fraction of sp³-hybridized carbons (Fsp3) is 0.865. The molecule has 0 rings (SSSR count). The van der Waals surface area contributed by atoms with Gasteiger partial charge in [0.05, 0.1) is 56.3 Å². The number of aliphatic hydroxyl groups is 1. The van der Waals surface area contributed by atoms with Gasteiger partial charge in [-0.1, -0.05) is 34.6 Å². The molecule has 13 heteroatoms. The summed E-state index contributed by atoms with van der Waals surface area (Å²) in [5.74, 6) is 0.369. The van der Waals surface area contributed by atoms with E-state index in [-0.39, 0.29) is 24.0 Å². The minimum atomic E-state index is -0.702. The molecule has 298 valence electrons. The van der Waals surface area contributed by atoms with Gasteiger partial charge in [-0.15, -0.1) is 0 Å². The fourth-order valence-corrected chi connectivity index (χ4v) is 5.04. The summed E-state index contributed by atoms with van der Waals surface area (Å²) in [5, 5.41) is 16.9. The van der Waals surface area contributed by atoms with Crippen molar-refractivity contribution in [2.75, 3.05) is 73.5 Å². The molecule has 0 aromatic rings. The summed E-state index contributed by atoms with van der Waals surface area (Å²) in [4.78, 5) is 53.5. The molecule has 50 heavy (non-hydrogen) atoms.